The number of hydrogen-bond donors (Lipinski definition) is 1. The van der Waals surface area contributed by atoms with Gasteiger partial charge < -0.3 is 5.11 Å². The molecule has 0 aliphatic carbocycles. The van der Waals surface area contributed by atoms with E-state index in [4.69, 9.17) is 5.11 Å². The zero-order chi connectivity index (χ0) is 15.7. The first kappa shape index (κ1) is 14.4. The predicted molar refractivity (Wildman–Crippen MR) is 81.0 cm³/mol. The van der Waals surface area contributed by atoms with Gasteiger partial charge in [0.2, 0.25) is 0 Å². The van der Waals surface area contributed by atoms with Crippen LogP contribution in [0.1, 0.15) is 5.69 Å². The topological polar surface area (TPSA) is 68.0 Å². The molecule has 22 heavy (non-hydrogen) atoms. The molecule has 0 atom stereocenters. The summed E-state index contributed by atoms with van der Waals surface area (Å²) in [6.45, 7) is 0. The van der Waals surface area contributed by atoms with Crippen LogP contribution in [0.5, 0.6) is 0 Å². The molecule has 0 saturated heterocycles. The molecule has 0 spiro atoms. The van der Waals surface area contributed by atoms with E-state index < -0.39 is 5.97 Å². The van der Waals surface area contributed by atoms with E-state index in [2.05, 4.69) is 10.1 Å². The Kier molecular flexibility index (Phi) is 3.72. The van der Waals surface area contributed by atoms with Crippen molar-refractivity contribution < 1.29 is 14.3 Å². The van der Waals surface area contributed by atoms with Crippen molar-refractivity contribution >= 4 is 17.3 Å². The van der Waals surface area contributed by atoms with Crippen LogP contribution in [0.2, 0.25) is 0 Å². The summed E-state index contributed by atoms with van der Waals surface area (Å²) in [6, 6.07) is 6.08. The second-order valence-electron chi connectivity index (χ2n) is 4.79. The van der Waals surface area contributed by atoms with Crippen molar-refractivity contribution in [3.05, 3.63) is 47.4 Å². The summed E-state index contributed by atoms with van der Waals surface area (Å²) < 4.78 is 14.7. The number of halogens is 1. The minimum absolute atomic E-state index is 0.108. The van der Waals surface area contributed by atoms with Gasteiger partial charge in [0.05, 0.1) is 17.7 Å². The maximum absolute atomic E-state index is 13.1. The standard InChI is InChI=1S/C15H12FN3O2S/c1-19-7-12(15-17-11(8-22-15)6-13(20)21)14(18-19)9-2-4-10(16)5-3-9/h2-5,7-8H,6H2,1H3,(H,20,21). The first-order chi connectivity index (χ1) is 10.5. The number of rotatable bonds is 4. The summed E-state index contributed by atoms with van der Waals surface area (Å²) in [4.78, 5) is 15.1. The fourth-order valence-corrected chi connectivity index (χ4v) is 2.96. The molecule has 2 aromatic heterocycles. The fourth-order valence-electron chi connectivity index (χ4n) is 2.13. The third kappa shape index (κ3) is 2.89. The molecule has 3 rings (SSSR count). The van der Waals surface area contributed by atoms with Crippen LogP contribution in [0.4, 0.5) is 4.39 Å². The third-order valence-electron chi connectivity index (χ3n) is 3.06. The van der Waals surface area contributed by atoms with Gasteiger partial charge in [-0.25, -0.2) is 9.37 Å². The van der Waals surface area contributed by atoms with E-state index in [1.807, 2.05) is 6.20 Å². The molecule has 2 heterocycles. The maximum atomic E-state index is 13.1. The van der Waals surface area contributed by atoms with Crippen molar-refractivity contribution in [2.24, 2.45) is 7.05 Å². The number of hydrogen-bond acceptors (Lipinski definition) is 4. The van der Waals surface area contributed by atoms with E-state index in [9.17, 15) is 9.18 Å². The lowest BCUT2D eigenvalue weighted by atomic mass is 10.1. The molecule has 0 saturated carbocycles. The highest BCUT2D eigenvalue weighted by Gasteiger charge is 2.16. The molecule has 1 N–H and O–H groups in total. The van der Waals surface area contributed by atoms with Crippen LogP contribution in [0.15, 0.2) is 35.8 Å². The van der Waals surface area contributed by atoms with E-state index in [1.165, 1.54) is 23.5 Å². The van der Waals surface area contributed by atoms with Crippen molar-refractivity contribution in [1.29, 1.82) is 0 Å². The van der Waals surface area contributed by atoms with Gasteiger partial charge in [-0.3, -0.25) is 9.48 Å². The minimum atomic E-state index is -0.915. The molecule has 7 heteroatoms. The lowest BCUT2D eigenvalue weighted by Gasteiger charge is -1.99. The summed E-state index contributed by atoms with van der Waals surface area (Å²) in [5.74, 6) is -1.22. The van der Waals surface area contributed by atoms with Crippen LogP contribution < -0.4 is 0 Å². The smallest absolute Gasteiger partial charge is 0.309 e. The van der Waals surface area contributed by atoms with Gasteiger partial charge in [-0.1, -0.05) is 0 Å². The zero-order valence-electron chi connectivity index (χ0n) is 11.7. The van der Waals surface area contributed by atoms with E-state index in [0.717, 1.165) is 11.1 Å². The van der Waals surface area contributed by atoms with Gasteiger partial charge >= 0.3 is 5.97 Å². The first-order valence-corrected chi connectivity index (χ1v) is 7.37. The second-order valence-corrected chi connectivity index (χ2v) is 5.64. The van der Waals surface area contributed by atoms with Crippen molar-refractivity contribution in [1.82, 2.24) is 14.8 Å². The Morgan fingerprint density at radius 1 is 1.36 bits per heavy atom. The Hall–Kier alpha value is -2.54. The normalized spacial score (nSPS) is 10.8. The summed E-state index contributed by atoms with van der Waals surface area (Å²) in [6.07, 6.45) is 1.71. The number of carboxylic acid groups (broad SMARTS) is 1. The van der Waals surface area contributed by atoms with Crippen molar-refractivity contribution in [3.63, 3.8) is 0 Å². The molecule has 5 nitrogen and oxygen atoms in total. The molecule has 0 unspecified atom stereocenters. The van der Waals surface area contributed by atoms with Crippen LogP contribution >= 0.6 is 11.3 Å². The monoisotopic (exact) mass is 317 g/mol. The van der Waals surface area contributed by atoms with Crippen molar-refractivity contribution in [2.75, 3.05) is 0 Å². The van der Waals surface area contributed by atoms with Crippen LogP contribution in [-0.2, 0) is 18.3 Å². The number of aliphatic carboxylic acids is 1. The zero-order valence-corrected chi connectivity index (χ0v) is 12.5. The largest absolute Gasteiger partial charge is 0.481 e. The average Bonchev–Trinajstić information content (AvgIpc) is 3.05. The Morgan fingerprint density at radius 2 is 2.09 bits per heavy atom. The quantitative estimate of drug-likeness (QED) is 0.803. The highest BCUT2D eigenvalue weighted by atomic mass is 32.1. The van der Waals surface area contributed by atoms with Crippen molar-refractivity contribution in [3.8, 4) is 21.8 Å². The summed E-state index contributed by atoms with van der Waals surface area (Å²) in [5.41, 5.74) is 2.79. The number of aromatic nitrogens is 3. The average molecular weight is 317 g/mol. The fraction of sp³-hybridized carbons (Fsp3) is 0.133. The summed E-state index contributed by atoms with van der Waals surface area (Å²) >= 11 is 1.37. The number of carbonyl (C=O) groups is 1. The van der Waals surface area contributed by atoms with E-state index in [0.29, 0.717) is 16.4 Å². The number of aryl methyl sites for hydroxylation is 1. The van der Waals surface area contributed by atoms with Gasteiger partial charge in [0.1, 0.15) is 16.5 Å². The Labute approximate surface area is 129 Å². The highest BCUT2D eigenvalue weighted by Crippen LogP contribution is 2.33. The first-order valence-electron chi connectivity index (χ1n) is 6.49. The lowest BCUT2D eigenvalue weighted by Crippen LogP contribution is -1.99. The highest BCUT2D eigenvalue weighted by molar-refractivity contribution is 7.13. The Morgan fingerprint density at radius 3 is 2.77 bits per heavy atom. The lowest BCUT2D eigenvalue weighted by molar-refractivity contribution is -0.136. The van der Waals surface area contributed by atoms with Gasteiger partial charge in [-0.05, 0) is 24.3 Å². The van der Waals surface area contributed by atoms with Gasteiger partial charge in [-0.15, -0.1) is 11.3 Å². The molecule has 0 aliphatic rings. The molecule has 0 radical (unpaired) electrons. The van der Waals surface area contributed by atoms with Crippen LogP contribution in [0, 0.1) is 5.82 Å². The SMILES string of the molecule is Cn1cc(-c2nc(CC(=O)O)cs2)c(-c2ccc(F)cc2)n1. The molecule has 1 aromatic carbocycles. The molecule has 112 valence electrons. The number of carboxylic acids is 1. The number of thiazole rings is 1. The van der Waals surface area contributed by atoms with Crippen molar-refractivity contribution in [2.45, 2.75) is 6.42 Å². The molecule has 3 aromatic rings. The molecule has 0 amide bonds. The summed E-state index contributed by atoms with van der Waals surface area (Å²) in [5, 5.41) is 15.6. The molecular weight excluding hydrogens is 305 g/mol. The van der Waals surface area contributed by atoms with E-state index in [1.54, 1.807) is 29.2 Å². The molecular formula is C15H12FN3O2S. The number of nitrogens with zero attached hydrogens (tertiary/aromatic N) is 3. The second kappa shape index (κ2) is 5.69. The van der Waals surface area contributed by atoms with Gasteiger partial charge in [0.25, 0.3) is 0 Å². The Bertz CT molecular complexity index is 824. The third-order valence-corrected chi connectivity index (χ3v) is 3.99. The Balaban J connectivity index is 2.02. The maximum Gasteiger partial charge on any atom is 0.309 e. The van der Waals surface area contributed by atoms with Crippen LogP contribution in [0.25, 0.3) is 21.8 Å². The van der Waals surface area contributed by atoms with Gasteiger partial charge in [-0.2, -0.15) is 5.10 Å². The van der Waals surface area contributed by atoms with E-state index in [-0.39, 0.29) is 12.2 Å². The minimum Gasteiger partial charge on any atom is -0.481 e. The van der Waals surface area contributed by atoms with Gasteiger partial charge in [0, 0.05) is 24.2 Å². The van der Waals surface area contributed by atoms with E-state index >= 15 is 0 Å². The van der Waals surface area contributed by atoms with Gasteiger partial charge in [0.15, 0.2) is 0 Å². The molecule has 0 bridgehead atoms. The van der Waals surface area contributed by atoms with Crippen LogP contribution in [-0.4, -0.2) is 25.8 Å². The molecule has 0 fully saturated rings. The summed E-state index contributed by atoms with van der Waals surface area (Å²) in [7, 11) is 1.79. The predicted octanol–water partition coefficient (Wildman–Crippen LogP) is 2.98. The number of benzene rings is 1. The van der Waals surface area contributed by atoms with Crippen LogP contribution in [0.3, 0.4) is 0 Å². The molecule has 0 aliphatic heterocycles.